The van der Waals surface area contributed by atoms with Crippen LogP contribution in [0.3, 0.4) is 0 Å². The Morgan fingerprint density at radius 3 is 2.00 bits per heavy atom. The summed E-state index contributed by atoms with van der Waals surface area (Å²) in [4.78, 5) is 0. The summed E-state index contributed by atoms with van der Waals surface area (Å²) in [6.07, 6.45) is 5.83. The van der Waals surface area contributed by atoms with E-state index in [2.05, 4.69) is 56.7 Å². The molecule has 1 aromatic rings. The fourth-order valence-corrected chi connectivity index (χ4v) is 1.69. The third kappa shape index (κ3) is 4.22. The van der Waals surface area contributed by atoms with Crippen molar-refractivity contribution in [2.75, 3.05) is 12.5 Å². The average Bonchev–Trinajstić information content (AvgIpc) is 2.05. The van der Waals surface area contributed by atoms with Crippen LogP contribution in [0, 0.1) is 0 Å². The summed E-state index contributed by atoms with van der Waals surface area (Å²) in [6.45, 7) is 4.70. The van der Waals surface area contributed by atoms with Gasteiger partial charge in [0, 0.05) is 6.42 Å². The minimum absolute atomic E-state index is 0. The first-order valence-electron chi connectivity index (χ1n) is 4.64. The third-order valence-corrected chi connectivity index (χ3v) is 4.93. The Labute approximate surface area is 108 Å². The topological polar surface area (TPSA) is 0 Å². The first kappa shape index (κ1) is 14.3. The van der Waals surface area contributed by atoms with Crippen LogP contribution in [-0.4, -0.2) is 17.3 Å². The first-order valence-corrected chi connectivity index (χ1v) is 6.68. The second kappa shape index (κ2) is 6.01. The van der Waals surface area contributed by atoms with Crippen LogP contribution in [0.25, 0.3) is 0 Å². The Balaban J connectivity index is 0.00000169. The van der Waals surface area contributed by atoms with Crippen LogP contribution in [0.4, 0.5) is 0 Å². The van der Waals surface area contributed by atoms with E-state index in [0.717, 1.165) is 0 Å². The highest BCUT2D eigenvalue weighted by molar-refractivity contribution is 7.96. The molecule has 1 rings (SSSR count). The molecule has 0 aromatic heterocycles. The van der Waals surface area contributed by atoms with Crippen LogP contribution >= 0.6 is 0 Å². The quantitative estimate of drug-likeness (QED) is 0.538. The van der Waals surface area contributed by atoms with E-state index in [4.69, 9.17) is 0 Å². The number of hydrogen-bond donors (Lipinski definition) is 0. The molecular weight excluding hydrogens is 303 g/mol. The van der Waals surface area contributed by atoms with Crippen LogP contribution in [0.5, 0.6) is 0 Å². The van der Waals surface area contributed by atoms with Gasteiger partial charge in [0.15, 0.2) is 0 Å². The van der Waals surface area contributed by atoms with Crippen LogP contribution in [0.1, 0.15) is 19.4 Å². The summed E-state index contributed by atoms with van der Waals surface area (Å²) in [6, 6.07) is 10.8. The van der Waals surface area contributed by atoms with Gasteiger partial charge in [0.25, 0.3) is 0 Å². The summed E-state index contributed by atoms with van der Waals surface area (Å²) in [5, 5.41) is 0. The lowest BCUT2D eigenvalue weighted by Gasteiger charge is -2.20. The van der Waals surface area contributed by atoms with Gasteiger partial charge < -0.3 is 24.0 Å². The molecule has 0 atom stereocenters. The molecule has 0 fully saturated rings. The van der Waals surface area contributed by atoms with Crippen LogP contribution < -0.4 is 24.0 Å². The van der Waals surface area contributed by atoms with Crippen LogP contribution in [0.2, 0.25) is 0 Å². The highest BCUT2D eigenvalue weighted by atomic mass is 127. The smallest absolute Gasteiger partial charge is 0.126 e. The molecule has 0 aliphatic rings. The fraction of sp³-hybridized carbons (Fsp3) is 0.500. The molecule has 0 amide bonds. The number of rotatable bonds is 3. The second-order valence-corrected chi connectivity index (χ2v) is 6.98. The van der Waals surface area contributed by atoms with E-state index < -0.39 is 0 Å². The van der Waals surface area contributed by atoms with Crippen molar-refractivity contribution in [3.8, 4) is 0 Å². The van der Waals surface area contributed by atoms with E-state index in [9.17, 15) is 0 Å². The molecule has 2 heteroatoms. The average molecular weight is 322 g/mol. The number of benzene rings is 1. The Morgan fingerprint density at radius 2 is 1.57 bits per heavy atom. The van der Waals surface area contributed by atoms with Crippen molar-refractivity contribution in [1.82, 2.24) is 0 Å². The largest absolute Gasteiger partial charge is 1.00 e. The molecule has 0 radical (unpaired) electrons. The van der Waals surface area contributed by atoms with E-state index in [0.29, 0.717) is 15.6 Å². The molecule has 0 N–H and O–H groups in total. The van der Waals surface area contributed by atoms with Crippen molar-refractivity contribution < 1.29 is 24.0 Å². The SMILES string of the molecule is C[S+](C)C(C)(C)Cc1ccccc1.[I-]. The molecule has 0 spiro atoms. The Hall–Kier alpha value is 0.300. The van der Waals surface area contributed by atoms with E-state index in [1.165, 1.54) is 12.0 Å². The molecule has 0 heterocycles. The summed E-state index contributed by atoms with van der Waals surface area (Å²) in [5.41, 5.74) is 1.45. The molecule has 0 saturated heterocycles. The summed E-state index contributed by atoms with van der Waals surface area (Å²) in [5.74, 6) is 0. The molecule has 0 unspecified atom stereocenters. The zero-order valence-corrected chi connectivity index (χ0v) is 12.4. The number of halogens is 1. The molecule has 0 bridgehead atoms. The number of hydrogen-bond acceptors (Lipinski definition) is 0. The Kier molecular flexibility index (Phi) is 6.14. The maximum atomic E-state index is 2.35. The molecule has 0 nitrogen and oxygen atoms in total. The summed E-state index contributed by atoms with van der Waals surface area (Å²) < 4.78 is 0.432. The van der Waals surface area contributed by atoms with Gasteiger partial charge in [-0.15, -0.1) is 0 Å². The van der Waals surface area contributed by atoms with E-state index in [1.807, 2.05) is 0 Å². The van der Waals surface area contributed by atoms with Gasteiger partial charge in [-0.05, 0) is 30.3 Å². The lowest BCUT2D eigenvalue weighted by Crippen LogP contribution is -3.00. The first-order chi connectivity index (χ1) is 6.02. The van der Waals surface area contributed by atoms with Gasteiger partial charge in [0.2, 0.25) is 0 Å². The predicted octanol–water partition coefficient (Wildman–Crippen LogP) is -0.110. The molecular formula is C12H19IS. The minimum atomic E-state index is 0. The van der Waals surface area contributed by atoms with Gasteiger partial charge in [0.1, 0.15) is 4.75 Å². The summed E-state index contributed by atoms with van der Waals surface area (Å²) >= 11 is 0. The van der Waals surface area contributed by atoms with Gasteiger partial charge >= 0.3 is 0 Å². The minimum Gasteiger partial charge on any atom is -1.00 e. The zero-order chi connectivity index (χ0) is 9.90. The predicted molar refractivity (Wildman–Crippen MR) is 63.4 cm³/mol. The maximum absolute atomic E-state index is 2.35. The van der Waals surface area contributed by atoms with Gasteiger partial charge in [-0.2, -0.15) is 0 Å². The molecule has 0 aliphatic carbocycles. The Bertz CT molecular complexity index is 254. The molecule has 14 heavy (non-hydrogen) atoms. The molecule has 80 valence electrons. The van der Waals surface area contributed by atoms with E-state index >= 15 is 0 Å². The lowest BCUT2D eigenvalue weighted by atomic mass is 10.0. The molecule has 1 aromatic carbocycles. The monoisotopic (exact) mass is 322 g/mol. The van der Waals surface area contributed by atoms with Crippen molar-refractivity contribution >= 4 is 10.9 Å². The van der Waals surface area contributed by atoms with Crippen molar-refractivity contribution in [3.63, 3.8) is 0 Å². The van der Waals surface area contributed by atoms with Crippen molar-refractivity contribution in [2.45, 2.75) is 25.0 Å². The van der Waals surface area contributed by atoms with Crippen molar-refractivity contribution in [1.29, 1.82) is 0 Å². The highest BCUT2D eigenvalue weighted by Gasteiger charge is 2.30. The Morgan fingerprint density at radius 1 is 1.07 bits per heavy atom. The maximum Gasteiger partial charge on any atom is 0.126 e. The zero-order valence-electron chi connectivity index (χ0n) is 9.38. The van der Waals surface area contributed by atoms with Crippen molar-refractivity contribution in [3.05, 3.63) is 35.9 Å². The van der Waals surface area contributed by atoms with Crippen molar-refractivity contribution in [2.24, 2.45) is 0 Å². The van der Waals surface area contributed by atoms with E-state index in [-0.39, 0.29) is 24.0 Å². The molecule has 0 saturated carbocycles. The van der Waals surface area contributed by atoms with Gasteiger partial charge in [0.05, 0.1) is 12.5 Å². The lowest BCUT2D eigenvalue weighted by molar-refractivity contribution is -0.00000306. The van der Waals surface area contributed by atoms with Gasteiger partial charge in [-0.25, -0.2) is 0 Å². The third-order valence-electron chi connectivity index (χ3n) is 2.58. The normalized spacial score (nSPS) is 11.2. The van der Waals surface area contributed by atoms with E-state index in [1.54, 1.807) is 0 Å². The van der Waals surface area contributed by atoms with Crippen LogP contribution in [0.15, 0.2) is 30.3 Å². The van der Waals surface area contributed by atoms with Gasteiger partial charge in [-0.3, -0.25) is 0 Å². The standard InChI is InChI=1S/C12H19S.HI/c1-12(2,13(3)4)10-11-8-6-5-7-9-11;/h5-9H,10H2,1-4H3;1H/q+1;/p-1. The van der Waals surface area contributed by atoms with Gasteiger partial charge in [-0.1, -0.05) is 30.3 Å². The second-order valence-electron chi connectivity index (χ2n) is 4.24. The van der Waals surface area contributed by atoms with Crippen LogP contribution in [-0.2, 0) is 17.3 Å². The molecule has 0 aliphatic heterocycles. The fourth-order valence-electron chi connectivity index (χ4n) is 1.23. The highest BCUT2D eigenvalue weighted by Crippen LogP contribution is 2.21. The summed E-state index contributed by atoms with van der Waals surface area (Å²) in [7, 11) is 0.474.